The van der Waals surface area contributed by atoms with Crippen LogP contribution in [-0.2, 0) is 23.2 Å². The van der Waals surface area contributed by atoms with Gasteiger partial charge in [-0.05, 0) is 35.9 Å². The number of rotatable bonds is 7. The third kappa shape index (κ3) is 5.57. The number of ether oxygens (including phenoxy) is 1. The lowest BCUT2D eigenvalue weighted by Gasteiger charge is -2.13. The van der Waals surface area contributed by atoms with Crippen LogP contribution >= 0.6 is 11.6 Å². The molecule has 0 saturated carbocycles. The van der Waals surface area contributed by atoms with E-state index in [0.717, 1.165) is 5.56 Å². The minimum Gasteiger partial charge on any atom is -0.488 e. The molecule has 0 aliphatic carbocycles. The molecule has 0 heterocycles. The normalized spacial score (nSPS) is 11.1. The van der Waals surface area contributed by atoms with Crippen LogP contribution in [0.1, 0.15) is 21.5 Å². The average molecular weight is 431 g/mol. The van der Waals surface area contributed by atoms with Crippen LogP contribution in [0.15, 0.2) is 77.7 Å². The van der Waals surface area contributed by atoms with Crippen LogP contribution in [0.3, 0.4) is 0 Å². The minimum absolute atomic E-state index is 0.00674. The van der Waals surface area contributed by atoms with E-state index in [0.29, 0.717) is 21.9 Å². The highest BCUT2D eigenvalue weighted by Crippen LogP contribution is 2.22. The summed E-state index contributed by atoms with van der Waals surface area (Å²) in [6.45, 7) is 0.363. The molecule has 3 aromatic carbocycles. The van der Waals surface area contributed by atoms with Crippen molar-refractivity contribution in [3.63, 3.8) is 0 Å². The molecule has 0 bridgehead atoms. The van der Waals surface area contributed by atoms with Gasteiger partial charge in [0.05, 0.1) is 10.5 Å². The van der Waals surface area contributed by atoms with Crippen molar-refractivity contribution in [2.75, 3.05) is 0 Å². The third-order valence-corrected chi connectivity index (χ3v) is 5.43. The molecule has 3 aromatic rings. The SMILES string of the molecule is NS(=O)(=O)c1cccc(CNC(=O)c2ccccc2OCc2ccccc2Cl)c1. The Kier molecular flexibility index (Phi) is 6.53. The van der Waals surface area contributed by atoms with E-state index in [2.05, 4.69) is 5.32 Å². The number of benzene rings is 3. The molecule has 0 radical (unpaired) electrons. The van der Waals surface area contributed by atoms with E-state index in [4.69, 9.17) is 21.5 Å². The van der Waals surface area contributed by atoms with Crippen molar-refractivity contribution in [3.8, 4) is 5.75 Å². The largest absolute Gasteiger partial charge is 0.488 e. The first-order chi connectivity index (χ1) is 13.8. The van der Waals surface area contributed by atoms with Crippen LogP contribution in [0.5, 0.6) is 5.75 Å². The molecule has 0 aliphatic rings. The fraction of sp³-hybridized carbons (Fsp3) is 0.0952. The first kappa shape index (κ1) is 20.9. The summed E-state index contributed by atoms with van der Waals surface area (Å²) >= 11 is 6.14. The van der Waals surface area contributed by atoms with Crippen LogP contribution in [0.25, 0.3) is 0 Å². The Morgan fingerprint density at radius 3 is 2.48 bits per heavy atom. The van der Waals surface area contributed by atoms with E-state index in [-0.39, 0.29) is 24.0 Å². The predicted octanol–water partition coefficient (Wildman–Crippen LogP) is 3.50. The lowest BCUT2D eigenvalue weighted by atomic mass is 10.1. The first-order valence-electron chi connectivity index (χ1n) is 8.70. The number of sulfonamides is 1. The number of para-hydroxylation sites is 1. The molecule has 3 N–H and O–H groups in total. The number of hydrogen-bond acceptors (Lipinski definition) is 4. The Morgan fingerprint density at radius 2 is 1.72 bits per heavy atom. The molecule has 0 unspecified atom stereocenters. The minimum atomic E-state index is -3.80. The van der Waals surface area contributed by atoms with Gasteiger partial charge in [-0.25, -0.2) is 13.6 Å². The van der Waals surface area contributed by atoms with Gasteiger partial charge in [0.2, 0.25) is 10.0 Å². The second-order valence-electron chi connectivity index (χ2n) is 6.25. The Balaban J connectivity index is 1.69. The fourth-order valence-electron chi connectivity index (χ4n) is 2.66. The lowest BCUT2D eigenvalue weighted by molar-refractivity contribution is 0.0946. The van der Waals surface area contributed by atoms with Crippen LogP contribution < -0.4 is 15.2 Å². The third-order valence-electron chi connectivity index (χ3n) is 4.15. The Hall–Kier alpha value is -2.87. The summed E-state index contributed by atoms with van der Waals surface area (Å²) in [6.07, 6.45) is 0. The Bertz CT molecular complexity index is 1130. The van der Waals surface area contributed by atoms with Gasteiger partial charge in [-0.1, -0.05) is 54.1 Å². The summed E-state index contributed by atoms with van der Waals surface area (Å²) in [5.41, 5.74) is 1.78. The molecule has 6 nitrogen and oxygen atoms in total. The predicted molar refractivity (Wildman–Crippen MR) is 111 cm³/mol. The van der Waals surface area contributed by atoms with Crippen LogP contribution in [0, 0.1) is 0 Å². The fourth-order valence-corrected chi connectivity index (χ4v) is 3.44. The summed E-state index contributed by atoms with van der Waals surface area (Å²) in [4.78, 5) is 12.6. The number of hydrogen-bond donors (Lipinski definition) is 2. The second-order valence-corrected chi connectivity index (χ2v) is 8.22. The Morgan fingerprint density at radius 1 is 1.00 bits per heavy atom. The van der Waals surface area contributed by atoms with Gasteiger partial charge in [-0.15, -0.1) is 0 Å². The van der Waals surface area contributed by atoms with Gasteiger partial charge in [0.15, 0.2) is 0 Å². The smallest absolute Gasteiger partial charge is 0.255 e. The summed E-state index contributed by atoms with van der Waals surface area (Å²) < 4.78 is 28.7. The van der Waals surface area contributed by atoms with Crippen LogP contribution in [0.2, 0.25) is 5.02 Å². The van der Waals surface area contributed by atoms with E-state index in [1.807, 2.05) is 18.2 Å². The first-order valence-corrected chi connectivity index (χ1v) is 10.6. The molecule has 1 amide bonds. The molecule has 29 heavy (non-hydrogen) atoms. The maximum absolute atomic E-state index is 12.6. The highest BCUT2D eigenvalue weighted by atomic mass is 35.5. The number of amides is 1. The van der Waals surface area contributed by atoms with Crippen LogP contribution in [0.4, 0.5) is 0 Å². The van der Waals surface area contributed by atoms with Crippen molar-refractivity contribution < 1.29 is 17.9 Å². The summed E-state index contributed by atoms with van der Waals surface area (Å²) in [7, 11) is -3.80. The van der Waals surface area contributed by atoms with Crippen molar-refractivity contribution in [2.24, 2.45) is 5.14 Å². The van der Waals surface area contributed by atoms with Gasteiger partial charge in [-0.2, -0.15) is 0 Å². The van der Waals surface area contributed by atoms with Gasteiger partial charge in [0.1, 0.15) is 12.4 Å². The highest BCUT2D eigenvalue weighted by Gasteiger charge is 2.13. The molecule has 3 rings (SSSR count). The molecule has 0 spiro atoms. The zero-order chi connectivity index (χ0) is 20.9. The maximum atomic E-state index is 12.6. The molecule has 0 atom stereocenters. The van der Waals surface area contributed by atoms with E-state index in [9.17, 15) is 13.2 Å². The van der Waals surface area contributed by atoms with Crippen molar-refractivity contribution in [1.29, 1.82) is 0 Å². The van der Waals surface area contributed by atoms with E-state index < -0.39 is 10.0 Å². The van der Waals surface area contributed by atoms with E-state index in [1.165, 1.54) is 12.1 Å². The van der Waals surface area contributed by atoms with E-state index >= 15 is 0 Å². The molecule has 0 aliphatic heterocycles. The number of halogens is 1. The number of nitrogens with one attached hydrogen (secondary N) is 1. The zero-order valence-electron chi connectivity index (χ0n) is 15.3. The summed E-state index contributed by atoms with van der Waals surface area (Å²) in [6, 6.07) is 20.3. The molecular formula is C21H19ClN2O4S. The number of carbonyl (C=O) groups is 1. The monoisotopic (exact) mass is 430 g/mol. The van der Waals surface area contributed by atoms with Gasteiger partial charge in [0, 0.05) is 17.1 Å². The summed E-state index contributed by atoms with van der Waals surface area (Å²) in [5, 5.41) is 8.49. The van der Waals surface area contributed by atoms with E-state index in [1.54, 1.807) is 42.5 Å². The standard InChI is InChI=1S/C21H19ClN2O4S/c22-19-10-3-1-7-16(19)14-28-20-11-4-2-9-18(20)21(25)24-13-15-6-5-8-17(12-15)29(23,26)27/h1-12H,13-14H2,(H,24,25)(H2,23,26,27). The Labute approximate surface area is 174 Å². The number of primary sulfonamides is 1. The maximum Gasteiger partial charge on any atom is 0.255 e. The zero-order valence-corrected chi connectivity index (χ0v) is 16.9. The van der Waals surface area contributed by atoms with Crippen LogP contribution in [-0.4, -0.2) is 14.3 Å². The van der Waals surface area contributed by atoms with Crippen molar-refractivity contribution in [1.82, 2.24) is 5.32 Å². The topological polar surface area (TPSA) is 98.5 Å². The van der Waals surface area contributed by atoms with Crippen molar-refractivity contribution >= 4 is 27.5 Å². The molecule has 0 aromatic heterocycles. The summed E-state index contributed by atoms with van der Waals surface area (Å²) in [5.74, 6) is 0.0731. The van der Waals surface area contributed by atoms with Crippen molar-refractivity contribution in [2.45, 2.75) is 18.0 Å². The molecular weight excluding hydrogens is 412 g/mol. The number of carbonyl (C=O) groups excluding carboxylic acids is 1. The molecule has 0 saturated heterocycles. The van der Waals surface area contributed by atoms with Gasteiger partial charge >= 0.3 is 0 Å². The van der Waals surface area contributed by atoms with Crippen molar-refractivity contribution in [3.05, 3.63) is 94.5 Å². The molecule has 150 valence electrons. The van der Waals surface area contributed by atoms with Gasteiger partial charge in [0.25, 0.3) is 5.91 Å². The van der Waals surface area contributed by atoms with Gasteiger partial charge < -0.3 is 10.1 Å². The molecule has 0 fully saturated rings. The average Bonchev–Trinajstić information content (AvgIpc) is 2.71. The second kappa shape index (κ2) is 9.09. The van der Waals surface area contributed by atoms with Gasteiger partial charge in [-0.3, -0.25) is 4.79 Å². The lowest BCUT2D eigenvalue weighted by Crippen LogP contribution is -2.23. The highest BCUT2D eigenvalue weighted by molar-refractivity contribution is 7.89. The molecule has 8 heteroatoms. The quantitative estimate of drug-likeness (QED) is 0.599. The number of nitrogens with two attached hydrogens (primary N) is 1.